The first kappa shape index (κ1) is 18.2. The van der Waals surface area contributed by atoms with E-state index in [2.05, 4.69) is 0 Å². The molecule has 1 saturated heterocycles. The number of hydrogen-bond donors (Lipinski definition) is 0. The van der Waals surface area contributed by atoms with Crippen LogP contribution in [0.4, 0.5) is 5.69 Å². The molecule has 24 heavy (non-hydrogen) atoms. The molecular weight excluding hydrogens is 340 g/mol. The second-order valence-corrected chi connectivity index (χ2v) is 5.96. The molecule has 0 unspecified atom stereocenters. The Morgan fingerprint density at radius 2 is 2.00 bits per heavy atom. The minimum absolute atomic E-state index is 0.0392. The normalized spacial score (nSPS) is 20.5. The quantitative estimate of drug-likeness (QED) is 0.465. The third-order valence-corrected chi connectivity index (χ3v) is 3.80. The van der Waals surface area contributed by atoms with Gasteiger partial charge in [-0.15, -0.1) is 0 Å². The summed E-state index contributed by atoms with van der Waals surface area (Å²) in [5.41, 5.74) is -0.434. The number of ether oxygens (including phenoxy) is 2. The zero-order valence-corrected chi connectivity index (χ0v) is 14.0. The molecule has 0 aromatic heterocycles. The van der Waals surface area contributed by atoms with Crippen LogP contribution in [0, 0.1) is 10.1 Å². The summed E-state index contributed by atoms with van der Waals surface area (Å²) in [6.07, 6.45) is -0.181. The number of carbonyl (C=O) groups excluding carboxylic acids is 2. The van der Waals surface area contributed by atoms with Crippen LogP contribution in [0.3, 0.4) is 0 Å². The average molecular weight is 357 g/mol. The first-order chi connectivity index (χ1) is 11.3. The fourth-order valence-corrected chi connectivity index (χ4v) is 2.65. The van der Waals surface area contributed by atoms with Crippen molar-refractivity contribution in [1.82, 2.24) is 4.90 Å². The fraction of sp³-hybridized carbons (Fsp3) is 0.467. The van der Waals surface area contributed by atoms with E-state index in [4.69, 9.17) is 21.1 Å². The molecule has 0 aliphatic carbocycles. The van der Waals surface area contributed by atoms with Crippen LogP contribution in [0.25, 0.3) is 0 Å². The van der Waals surface area contributed by atoms with Gasteiger partial charge in [-0.2, -0.15) is 0 Å². The third-order valence-electron chi connectivity index (χ3n) is 3.48. The maximum absolute atomic E-state index is 12.1. The van der Waals surface area contributed by atoms with Crippen LogP contribution in [0.2, 0.25) is 5.02 Å². The number of amides is 1. The third kappa shape index (κ3) is 4.42. The highest BCUT2D eigenvalue weighted by atomic mass is 35.5. The van der Waals surface area contributed by atoms with E-state index in [1.807, 2.05) is 13.8 Å². The topological polar surface area (TPSA) is 99.0 Å². The number of rotatable bonds is 4. The Bertz CT molecular complexity index is 655. The molecule has 1 amide bonds. The van der Waals surface area contributed by atoms with E-state index in [9.17, 15) is 19.7 Å². The number of morpholine rings is 1. The van der Waals surface area contributed by atoms with E-state index in [0.29, 0.717) is 13.1 Å². The Balaban J connectivity index is 1.96. The molecule has 0 radical (unpaired) electrons. The highest BCUT2D eigenvalue weighted by molar-refractivity contribution is 6.32. The van der Waals surface area contributed by atoms with Gasteiger partial charge in [-0.25, -0.2) is 4.79 Å². The predicted octanol–water partition coefficient (Wildman–Crippen LogP) is 2.04. The van der Waals surface area contributed by atoms with Crippen LogP contribution in [0.5, 0.6) is 0 Å². The lowest BCUT2D eigenvalue weighted by Gasteiger charge is -2.35. The van der Waals surface area contributed by atoms with E-state index in [1.54, 1.807) is 4.90 Å². The molecule has 2 atom stereocenters. The Hall–Kier alpha value is -2.19. The largest absolute Gasteiger partial charge is 0.452 e. The predicted molar refractivity (Wildman–Crippen MR) is 85.0 cm³/mol. The van der Waals surface area contributed by atoms with Crippen molar-refractivity contribution in [3.63, 3.8) is 0 Å². The van der Waals surface area contributed by atoms with Crippen molar-refractivity contribution in [3.8, 4) is 0 Å². The van der Waals surface area contributed by atoms with E-state index >= 15 is 0 Å². The number of nitro groups is 1. The van der Waals surface area contributed by atoms with Crippen LogP contribution in [0.1, 0.15) is 24.2 Å². The van der Waals surface area contributed by atoms with Crippen molar-refractivity contribution in [3.05, 3.63) is 38.9 Å². The molecule has 9 heteroatoms. The van der Waals surface area contributed by atoms with E-state index in [1.165, 1.54) is 12.1 Å². The molecule has 8 nitrogen and oxygen atoms in total. The first-order valence-electron chi connectivity index (χ1n) is 7.32. The minimum atomic E-state index is -0.822. The second-order valence-electron chi connectivity index (χ2n) is 5.56. The van der Waals surface area contributed by atoms with Crippen LogP contribution < -0.4 is 0 Å². The van der Waals surface area contributed by atoms with Crippen LogP contribution in [-0.4, -0.2) is 53.6 Å². The monoisotopic (exact) mass is 356 g/mol. The molecular formula is C15H17ClN2O6. The zero-order valence-electron chi connectivity index (χ0n) is 13.2. The summed E-state index contributed by atoms with van der Waals surface area (Å²) >= 11 is 5.69. The van der Waals surface area contributed by atoms with Gasteiger partial charge in [-0.05, 0) is 26.0 Å². The molecule has 0 saturated carbocycles. The van der Waals surface area contributed by atoms with Gasteiger partial charge in [0.25, 0.3) is 11.6 Å². The zero-order chi connectivity index (χ0) is 17.9. The standard InChI is InChI=1S/C15H17ClN2O6/c1-9-6-17(7-10(2)24-9)14(19)8-23-15(20)11-3-4-12(16)13(5-11)18(21)22/h3-5,9-10H,6-8H2,1-2H3/t9-,10-/m0/s1. The van der Waals surface area contributed by atoms with Crippen molar-refractivity contribution < 1.29 is 24.0 Å². The number of halogens is 1. The van der Waals surface area contributed by atoms with Gasteiger partial charge < -0.3 is 14.4 Å². The van der Waals surface area contributed by atoms with Gasteiger partial charge in [0.05, 0.1) is 22.7 Å². The smallest absolute Gasteiger partial charge is 0.338 e. The highest BCUT2D eigenvalue weighted by Gasteiger charge is 2.26. The van der Waals surface area contributed by atoms with E-state index in [-0.39, 0.29) is 28.7 Å². The number of esters is 1. The molecule has 0 spiro atoms. The lowest BCUT2D eigenvalue weighted by atomic mass is 10.2. The Labute approximate surface area is 143 Å². The molecule has 1 aromatic carbocycles. The molecule has 1 aromatic rings. The summed E-state index contributed by atoms with van der Waals surface area (Å²) in [5, 5.41) is 10.7. The summed E-state index contributed by atoms with van der Waals surface area (Å²) in [6.45, 7) is 4.12. The average Bonchev–Trinajstić information content (AvgIpc) is 2.51. The number of hydrogen-bond acceptors (Lipinski definition) is 6. The molecule has 2 rings (SSSR count). The van der Waals surface area contributed by atoms with Crippen LogP contribution in [-0.2, 0) is 14.3 Å². The lowest BCUT2D eigenvalue weighted by Crippen LogP contribution is -2.49. The van der Waals surface area contributed by atoms with Gasteiger partial charge in [0.15, 0.2) is 6.61 Å². The molecule has 130 valence electrons. The summed E-state index contributed by atoms with van der Waals surface area (Å²) in [6, 6.07) is 3.57. The SMILES string of the molecule is C[C@H]1CN(C(=O)COC(=O)c2ccc(Cl)c([N+](=O)[O-])c2)C[C@H](C)O1. The molecule has 1 aliphatic rings. The molecule has 1 heterocycles. The Morgan fingerprint density at radius 1 is 1.38 bits per heavy atom. The Morgan fingerprint density at radius 3 is 2.58 bits per heavy atom. The van der Waals surface area contributed by atoms with Crippen LogP contribution >= 0.6 is 11.6 Å². The second kappa shape index (κ2) is 7.59. The summed E-state index contributed by atoms with van der Waals surface area (Å²) in [5.74, 6) is -1.16. The van der Waals surface area contributed by atoms with Gasteiger partial charge in [0.1, 0.15) is 5.02 Å². The van der Waals surface area contributed by atoms with Crippen molar-refractivity contribution >= 4 is 29.2 Å². The van der Waals surface area contributed by atoms with Gasteiger partial charge >= 0.3 is 5.97 Å². The van der Waals surface area contributed by atoms with E-state index < -0.39 is 23.2 Å². The van der Waals surface area contributed by atoms with Gasteiger partial charge in [-0.1, -0.05) is 11.6 Å². The summed E-state index contributed by atoms with van der Waals surface area (Å²) in [4.78, 5) is 35.8. The first-order valence-corrected chi connectivity index (χ1v) is 7.70. The number of carbonyl (C=O) groups is 2. The van der Waals surface area contributed by atoms with Crippen molar-refractivity contribution in [2.75, 3.05) is 19.7 Å². The molecule has 0 N–H and O–H groups in total. The minimum Gasteiger partial charge on any atom is -0.452 e. The van der Waals surface area contributed by atoms with Gasteiger partial charge in [0, 0.05) is 19.2 Å². The fourth-order valence-electron chi connectivity index (χ4n) is 2.46. The lowest BCUT2D eigenvalue weighted by molar-refractivity contribution is -0.384. The van der Waals surface area contributed by atoms with Gasteiger partial charge in [0.2, 0.25) is 0 Å². The van der Waals surface area contributed by atoms with Crippen molar-refractivity contribution in [2.45, 2.75) is 26.1 Å². The summed E-state index contributed by atoms with van der Waals surface area (Å²) < 4.78 is 10.5. The maximum Gasteiger partial charge on any atom is 0.338 e. The molecule has 0 bridgehead atoms. The highest BCUT2D eigenvalue weighted by Crippen LogP contribution is 2.25. The summed E-state index contributed by atoms with van der Waals surface area (Å²) in [7, 11) is 0. The molecule has 1 fully saturated rings. The van der Waals surface area contributed by atoms with Crippen molar-refractivity contribution in [2.24, 2.45) is 0 Å². The number of nitro benzene ring substituents is 1. The Kier molecular flexibility index (Phi) is 5.74. The van der Waals surface area contributed by atoms with E-state index in [0.717, 1.165) is 6.07 Å². The molecule has 1 aliphatic heterocycles. The number of nitrogens with zero attached hydrogens (tertiary/aromatic N) is 2. The maximum atomic E-state index is 12.1. The van der Waals surface area contributed by atoms with Crippen LogP contribution in [0.15, 0.2) is 18.2 Å². The van der Waals surface area contributed by atoms with Gasteiger partial charge in [-0.3, -0.25) is 14.9 Å². The number of benzene rings is 1. The van der Waals surface area contributed by atoms with Crippen molar-refractivity contribution in [1.29, 1.82) is 0 Å².